The number of carbonyl (C=O) groups is 1. The number of hydrogen-bond donors (Lipinski definition) is 2. The number of aryl methyl sites for hydroxylation is 1. The first kappa shape index (κ1) is 14.1. The molecule has 1 aromatic carbocycles. The number of hydrogen-bond acceptors (Lipinski definition) is 5. The van der Waals surface area contributed by atoms with Crippen LogP contribution in [-0.4, -0.2) is 26.1 Å². The van der Waals surface area contributed by atoms with Gasteiger partial charge in [-0.3, -0.25) is 4.84 Å². The molecule has 1 aromatic rings. The van der Waals surface area contributed by atoms with Gasteiger partial charge in [-0.25, -0.2) is 13.2 Å². The Labute approximate surface area is 104 Å². The first-order chi connectivity index (χ1) is 8.36. The van der Waals surface area contributed by atoms with E-state index >= 15 is 0 Å². The Morgan fingerprint density at radius 2 is 2.22 bits per heavy atom. The maximum atomic E-state index is 11.7. The van der Waals surface area contributed by atoms with Crippen molar-refractivity contribution in [2.45, 2.75) is 11.8 Å². The summed E-state index contributed by atoms with van der Waals surface area (Å²) in [7, 11) is -3.96. The maximum absolute atomic E-state index is 11.7. The lowest BCUT2D eigenvalue weighted by Gasteiger charge is -2.08. The number of sulfonamides is 1. The SMILES string of the molecule is Cc1cc(C#N)ccc1S(=O)(=O)NOCC(=O)O. The van der Waals surface area contributed by atoms with Crippen molar-refractivity contribution in [3.05, 3.63) is 29.3 Å². The zero-order valence-corrected chi connectivity index (χ0v) is 10.2. The Bertz CT molecular complexity index is 603. The zero-order chi connectivity index (χ0) is 13.8. The fourth-order valence-corrected chi connectivity index (χ4v) is 2.27. The Hall–Kier alpha value is -1.95. The number of nitrogens with one attached hydrogen (secondary N) is 1. The predicted octanol–water partition coefficient (Wildman–Crippen LogP) is 0.161. The molecular formula is C10H10N2O5S. The van der Waals surface area contributed by atoms with Crippen LogP contribution in [0.15, 0.2) is 23.1 Å². The minimum atomic E-state index is -3.96. The van der Waals surface area contributed by atoms with Crippen LogP contribution in [-0.2, 0) is 19.7 Å². The summed E-state index contributed by atoms with van der Waals surface area (Å²) in [5.41, 5.74) is 0.693. The average Bonchev–Trinajstić information content (AvgIpc) is 2.27. The molecule has 1 rings (SSSR count). The van der Waals surface area contributed by atoms with Crippen molar-refractivity contribution in [3.63, 3.8) is 0 Å². The normalized spacial score (nSPS) is 10.9. The molecule has 18 heavy (non-hydrogen) atoms. The maximum Gasteiger partial charge on any atom is 0.331 e. The van der Waals surface area contributed by atoms with Crippen LogP contribution in [0.1, 0.15) is 11.1 Å². The van der Waals surface area contributed by atoms with Gasteiger partial charge >= 0.3 is 5.97 Å². The largest absolute Gasteiger partial charge is 0.479 e. The summed E-state index contributed by atoms with van der Waals surface area (Å²) < 4.78 is 23.4. The molecule has 0 aliphatic rings. The molecule has 0 unspecified atom stereocenters. The molecule has 0 bridgehead atoms. The molecule has 7 nitrogen and oxygen atoms in total. The summed E-state index contributed by atoms with van der Waals surface area (Å²) in [6.07, 6.45) is 0. The van der Waals surface area contributed by atoms with Crippen molar-refractivity contribution in [2.24, 2.45) is 0 Å². The van der Waals surface area contributed by atoms with Crippen LogP contribution in [0.5, 0.6) is 0 Å². The third-order valence-corrected chi connectivity index (χ3v) is 3.33. The van der Waals surface area contributed by atoms with E-state index in [-0.39, 0.29) is 4.90 Å². The van der Waals surface area contributed by atoms with Gasteiger partial charge in [0, 0.05) is 0 Å². The number of benzene rings is 1. The van der Waals surface area contributed by atoms with E-state index in [0.29, 0.717) is 11.1 Å². The van der Waals surface area contributed by atoms with Crippen LogP contribution in [0.25, 0.3) is 0 Å². The molecule has 0 aromatic heterocycles. The predicted molar refractivity (Wildman–Crippen MR) is 59.8 cm³/mol. The number of rotatable bonds is 5. The van der Waals surface area contributed by atoms with Gasteiger partial charge in [0.05, 0.1) is 16.5 Å². The van der Waals surface area contributed by atoms with Crippen molar-refractivity contribution in [3.8, 4) is 6.07 Å². The van der Waals surface area contributed by atoms with Crippen LogP contribution in [0.4, 0.5) is 0 Å². The van der Waals surface area contributed by atoms with E-state index in [1.165, 1.54) is 25.1 Å². The molecule has 0 atom stereocenters. The van der Waals surface area contributed by atoms with Crippen LogP contribution in [0.3, 0.4) is 0 Å². The minimum absolute atomic E-state index is 0.0770. The van der Waals surface area contributed by atoms with E-state index in [2.05, 4.69) is 4.84 Å². The molecule has 0 aliphatic carbocycles. The van der Waals surface area contributed by atoms with E-state index in [1.54, 1.807) is 4.89 Å². The van der Waals surface area contributed by atoms with E-state index in [9.17, 15) is 13.2 Å². The van der Waals surface area contributed by atoms with Gasteiger partial charge in [-0.2, -0.15) is 5.26 Å². The highest BCUT2D eigenvalue weighted by atomic mass is 32.2. The van der Waals surface area contributed by atoms with Gasteiger partial charge in [-0.05, 0) is 30.7 Å². The molecule has 0 saturated heterocycles. The third-order valence-electron chi connectivity index (χ3n) is 1.96. The van der Waals surface area contributed by atoms with E-state index in [1.807, 2.05) is 6.07 Å². The van der Waals surface area contributed by atoms with E-state index in [4.69, 9.17) is 10.4 Å². The summed E-state index contributed by atoms with van der Waals surface area (Å²) in [6, 6.07) is 5.89. The minimum Gasteiger partial charge on any atom is -0.479 e. The number of aliphatic carboxylic acids is 1. The standard InChI is InChI=1S/C10H10N2O5S/c1-7-4-8(5-11)2-3-9(7)18(15,16)12-17-6-10(13)14/h2-4,12H,6H2,1H3,(H,13,14). The van der Waals surface area contributed by atoms with E-state index in [0.717, 1.165) is 0 Å². The highest BCUT2D eigenvalue weighted by Gasteiger charge is 2.17. The molecular weight excluding hydrogens is 260 g/mol. The highest BCUT2D eigenvalue weighted by molar-refractivity contribution is 7.89. The summed E-state index contributed by atoms with van der Waals surface area (Å²) in [4.78, 5) is 16.1. The lowest BCUT2D eigenvalue weighted by molar-refractivity contribution is -0.143. The molecule has 96 valence electrons. The lowest BCUT2D eigenvalue weighted by atomic mass is 10.2. The number of nitriles is 1. The van der Waals surface area contributed by atoms with Crippen LogP contribution >= 0.6 is 0 Å². The van der Waals surface area contributed by atoms with Gasteiger partial charge < -0.3 is 5.11 Å². The first-order valence-corrected chi connectivity index (χ1v) is 6.21. The zero-order valence-electron chi connectivity index (χ0n) is 9.37. The topological polar surface area (TPSA) is 116 Å². The molecule has 0 aliphatic heterocycles. The quantitative estimate of drug-likeness (QED) is 0.736. The molecule has 0 fully saturated rings. The second-order valence-corrected chi connectivity index (χ2v) is 4.97. The molecule has 0 saturated carbocycles. The van der Waals surface area contributed by atoms with E-state index < -0.39 is 22.6 Å². The van der Waals surface area contributed by atoms with Gasteiger partial charge in [0.2, 0.25) is 0 Å². The molecule has 0 amide bonds. The number of carboxylic acids is 1. The monoisotopic (exact) mass is 270 g/mol. The Morgan fingerprint density at radius 3 is 2.72 bits per heavy atom. The van der Waals surface area contributed by atoms with Crippen molar-refractivity contribution in [1.29, 1.82) is 5.26 Å². The van der Waals surface area contributed by atoms with Gasteiger partial charge in [-0.15, -0.1) is 0 Å². The van der Waals surface area contributed by atoms with Crippen molar-refractivity contribution in [2.75, 3.05) is 6.61 Å². The van der Waals surface area contributed by atoms with Gasteiger partial charge in [-0.1, -0.05) is 4.89 Å². The van der Waals surface area contributed by atoms with Crippen molar-refractivity contribution in [1.82, 2.24) is 4.89 Å². The summed E-state index contributed by atoms with van der Waals surface area (Å²) in [5.74, 6) is -1.30. The third kappa shape index (κ3) is 3.53. The van der Waals surface area contributed by atoms with Gasteiger partial charge in [0.1, 0.15) is 0 Å². The number of nitrogens with zero attached hydrogens (tertiary/aromatic N) is 1. The second-order valence-electron chi connectivity index (χ2n) is 3.36. The summed E-state index contributed by atoms with van der Waals surface area (Å²) >= 11 is 0. The van der Waals surface area contributed by atoms with Crippen LogP contribution < -0.4 is 4.89 Å². The Morgan fingerprint density at radius 1 is 1.56 bits per heavy atom. The van der Waals surface area contributed by atoms with Crippen molar-refractivity contribution >= 4 is 16.0 Å². The highest BCUT2D eigenvalue weighted by Crippen LogP contribution is 2.16. The van der Waals surface area contributed by atoms with Crippen LogP contribution in [0, 0.1) is 18.3 Å². The molecule has 0 spiro atoms. The van der Waals surface area contributed by atoms with Gasteiger partial charge in [0.15, 0.2) is 6.61 Å². The molecule has 8 heteroatoms. The second kappa shape index (κ2) is 5.59. The Balaban J connectivity index is 2.92. The number of carboxylic acid groups (broad SMARTS) is 1. The Kier molecular flexibility index (Phi) is 4.38. The first-order valence-electron chi connectivity index (χ1n) is 4.73. The smallest absolute Gasteiger partial charge is 0.331 e. The fraction of sp³-hybridized carbons (Fsp3) is 0.200. The fourth-order valence-electron chi connectivity index (χ4n) is 1.23. The van der Waals surface area contributed by atoms with Gasteiger partial charge in [0.25, 0.3) is 10.0 Å². The van der Waals surface area contributed by atoms with Crippen LogP contribution in [0.2, 0.25) is 0 Å². The summed E-state index contributed by atoms with van der Waals surface area (Å²) in [5, 5.41) is 17.0. The average molecular weight is 270 g/mol. The summed E-state index contributed by atoms with van der Waals surface area (Å²) in [6.45, 7) is 0.737. The molecule has 0 heterocycles. The van der Waals surface area contributed by atoms with Crippen molar-refractivity contribution < 1.29 is 23.2 Å². The lowest BCUT2D eigenvalue weighted by Crippen LogP contribution is -2.27. The molecule has 0 radical (unpaired) electrons. The molecule has 2 N–H and O–H groups in total.